The van der Waals surface area contributed by atoms with E-state index < -0.39 is 69.0 Å². The van der Waals surface area contributed by atoms with Gasteiger partial charge in [-0.15, -0.1) is 21.5 Å². The van der Waals surface area contributed by atoms with Crippen LogP contribution in [0.25, 0.3) is 10.7 Å². The summed E-state index contributed by atoms with van der Waals surface area (Å²) < 4.78 is 34.9. The lowest BCUT2D eigenvalue weighted by atomic mass is 10.0. The van der Waals surface area contributed by atoms with Crippen LogP contribution in [0.2, 0.25) is 0 Å². The van der Waals surface area contributed by atoms with Crippen molar-refractivity contribution < 1.29 is 32.3 Å². The highest BCUT2D eigenvalue weighted by atomic mass is 79.9. The van der Waals surface area contributed by atoms with E-state index in [1.807, 2.05) is 24.3 Å². The fraction of sp³-hybridized carbons (Fsp3) is 0.500. The summed E-state index contributed by atoms with van der Waals surface area (Å²) in [5.41, 5.74) is -2.37. The number of carbonyl (C=O) groups is 4. The van der Waals surface area contributed by atoms with Gasteiger partial charge in [0, 0.05) is 18.9 Å². The fourth-order valence-electron chi connectivity index (χ4n) is 6.50. The van der Waals surface area contributed by atoms with E-state index in [2.05, 4.69) is 46.7 Å². The summed E-state index contributed by atoms with van der Waals surface area (Å²) in [7, 11) is -4.25. The Morgan fingerprint density at radius 1 is 1.10 bits per heavy atom. The number of allylic oxidation sites excluding steroid dienone is 1. The van der Waals surface area contributed by atoms with Crippen LogP contribution in [0.3, 0.4) is 0 Å². The molecule has 0 unspecified atom stereocenters. The Bertz CT molecular complexity index is 1960. The normalized spacial score (nSPS) is 26.2. The molecule has 6 rings (SSSR count). The zero-order chi connectivity index (χ0) is 37.3. The smallest absolute Gasteiger partial charge is 0.408 e. The van der Waals surface area contributed by atoms with E-state index in [1.165, 1.54) is 33.2 Å². The predicted molar refractivity (Wildman–Crippen MR) is 194 cm³/mol. The first kappa shape index (κ1) is 37.6. The minimum absolute atomic E-state index is 0.0122. The van der Waals surface area contributed by atoms with E-state index in [4.69, 9.17) is 4.74 Å². The van der Waals surface area contributed by atoms with Crippen LogP contribution in [0.5, 0.6) is 0 Å². The molecule has 52 heavy (non-hydrogen) atoms. The summed E-state index contributed by atoms with van der Waals surface area (Å²) in [4.78, 5) is 59.0. The highest BCUT2D eigenvalue weighted by molar-refractivity contribution is 9.11. The Morgan fingerprint density at radius 2 is 1.87 bits per heavy atom. The summed E-state index contributed by atoms with van der Waals surface area (Å²) in [6.07, 6.45) is 6.38. The first-order valence-electron chi connectivity index (χ1n) is 17.1. The maximum atomic E-state index is 14.4. The van der Waals surface area contributed by atoms with Crippen LogP contribution in [-0.4, -0.2) is 87.1 Å². The molecule has 2 fully saturated rings. The summed E-state index contributed by atoms with van der Waals surface area (Å²) in [6.45, 7) is 5.18. The van der Waals surface area contributed by atoms with Crippen molar-refractivity contribution in [1.29, 1.82) is 0 Å². The third-order valence-corrected chi connectivity index (χ3v) is 12.1. The third kappa shape index (κ3) is 8.55. The van der Waals surface area contributed by atoms with Gasteiger partial charge in [0.25, 0.3) is 15.9 Å². The number of nitrogens with one attached hydrogen (secondary N) is 3. The molecule has 3 aromatic rings. The molecule has 18 heteroatoms. The molecular weight excluding hydrogens is 776 g/mol. The molecule has 0 radical (unpaired) electrons. The summed E-state index contributed by atoms with van der Waals surface area (Å²) in [5, 5.41) is 18.6. The van der Waals surface area contributed by atoms with Gasteiger partial charge < -0.3 is 20.3 Å². The number of rotatable bonds is 6. The fourth-order valence-corrected chi connectivity index (χ4v) is 8.87. The number of nitrogens with zero attached hydrogens (tertiary/aromatic N) is 5. The van der Waals surface area contributed by atoms with Crippen LogP contribution >= 0.6 is 27.3 Å². The first-order valence-corrected chi connectivity index (χ1v) is 20.2. The van der Waals surface area contributed by atoms with E-state index in [-0.39, 0.29) is 24.3 Å². The predicted octanol–water partition coefficient (Wildman–Crippen LogP) is 4.10. The molecule has 4 amide bonds. The highest BCUT2D eigenvalue weighted by Gasteiger charge is 2.61. The van der Waals surface area contributed by atoms with E-state index in [0.717, 1.165) is 21.5 Å². The Hall–Kier alpha value is -4.16. The number of carbonyl (C=O) groups excluding carboxylic acids is 4. The van der Waals surface area contributed by atoms with Gasteiger partial charge in [-0.1, -0.05) is 43.2 Å². The number of thiophene rings is 1. The second kappa shape index (κ2) is 15.1. The number of tetrazole rings is 1. The van der Waals surface area contributed by atoms with Gasteiger partial charge in [-0.05, 0) is 91.9 Å². The number of ether oxygens (including phenoxy) is 1. The van der Waals surface area contributed by atoms with Crippen molar-refractivity contribution in [3.05, 3.63) is 58.4 Å². The zero-order valence-electron chi connectivity index (χ0n) is 29.0. The molecule has 1 saturated heterocycles. The molecule has 1 aliphatic carbocycles. The molecule has 4 heterocycles. The van der Waals surface area contributed by atoms with Crippen LogP contribution in [0.1, 0.15) is 71.8 Å². The van der Waals surface area contributed by atoms with Gasteiger partial charge in [0.05, 0.1) is 19.6 Å². The topological polar surface area (TPSA) is 195 Å². The molecular formula is C34H41BrN8O7S2. The maximum Gasteiger partial charge on any atom is 0.408 e. The number of sulfonamides is 1. The van der Waals surface area contributed by atoms with Crippen molar-refractivity contribution in [2.24, 2.45) is 5.92 Å². The highest BCUT2D eigenvalue weighted by Crippen LogP contribution is 2.46. The van der Waals surface area contributed by atoms with E-state index in [9.17, 15) is 27.6 Å². The summed E-state index contributed by atoms with van der Waals surface area (Å²) in [6, 6.07) is 8.51. The largest absolute Gasteiger partial charge is 0.444 e. The molecule has 1 saturated carbocycles. The number of hydrogen-bond acceptors (Lipinski definition) is 11. The van der Waals surface area contributed by atoms with Crippen LogP contribution < -0.4 is 15.4 Å². The van der Waals surface area contributed by atoms with Gasteiger partial charge in [-0.25, -0.2) is 17.9 Å². The molecule has 0 bridgehead atoms. The van der Waals surface area contributed by atoms with E-state index >= 15 is 0 Å². The quantitative estimate of drug-likeness (QED) is 0.305. The number of hydrogen-bond donors (Lipinski definition) is 3. The third-order valence-electron chi connectivity index (χ3n) is 9.18. The SMILES string of the molecule is CC(C)(C)OC(=O)N[C@@H]1CCCCC/C=C\[C@@H]2C[C@]2(C(=O)NS(=O)(=O)c2ccccc2)NC(=O)[C@@H]2C[C@@H](n3nnc(-c4ccc(Br)s4)n3)CN2C1=O. The Kier molecular flexibility index (Phi) is 10.9. The van der Waals surface area contributed by atoms with Gasteiger partial charge in [0.2, 0.25) is 17.6 Å². The second-order valence-electron chi connectivity index (χ2n) is 14.2. The summed E-state index contributed by atoms with van der Waals surface area (Å²) >= 11 is 4.87. The minimum Gasteiger partial charge on any atom is -0.444 e. The zero-order valence-corrected chi connectivity index (χ0v) is 32.2. The number of amides is 4. The van der Waals surface area contributed by atoms with Crippen molar-refractivity contribution >= 4 is 61.1 Å². The molecule has 5 atom stereocenters. The average molecular weight is 818 g/mol. The molecule has 278 valence electrons. The van der Waals surface area contributed by atoms with Crippen molar-refractivity contribution in [3.8, 4) is 10.7 Å². The van der Waals surface area contributed by atoms with Crippen molar-refractivity contribution in [2.45, 2.75) is 99.9 Å². The number of aromatic nitrogens is 4. The number of halogens is 1. The van der Waals surface area contributed by atoms with Crippen LogP contribution in [-0.2, 0) is 29.1 Å². The molecule has 3 N–H and O–H groups in total. The monoisotopic (exact) mass is 816 g/mol. The van der Waals surface area contributed by atoms with E-state index in [1.54, 1.807) is 39.0 Å². The lowest BCUT2D eigenvalue weighted by molar-refractivity contribution is -0.141. The van der Waals surface area contributed by atoms with Gasteiger partial charge in [-0.2, -0.15) is 4.80 Å². The molecule has 3 aliphatic rings. The lowest BCUT2D eigenvalue weighted by Gasteiger charge is -2.30. The second-order valence-corrected chi connectivity index (χ2v) is 18.4. The number of benzene rings is 1. The van der Waals surface area contributed by atoms with Gasteiger partial charge in [0.1, 0.15) is 23.2 Å². The van der Waals surface area contributed by atoms with Crippen LogP contribution in [0, 0.1) is 5.92 Å². The Labute approximate surface area is 314 Å². The van der Waals surface area contributed by atoms with Gasteiger partial charge in [0.15, 0.2) is 0 Å². The standard InChI is InChI=1S/C34H41BrN8O7S2/c1-33(2,3)50-32(47)36-24-15-11-6-4-5-8-12-21-19-34(21,31(46)40-52(48,49)23-13-9-7-10-14-23)37-29(44)25-18-22(20-42(25)30(24)45)43-39-28(38-41-43)26-16-17-27(35)51-26/h7-10,12-14,16-17,21-22,24-25H,4-6,11,15,18-20H2,1-3H3,(H,36,47)(H,37,44)(H,40,46)/b12-8-/t21-,22-,24-,25+,34+/m1/s1. The van der Waals surface area contributed by atoms with Crippen LogP contribution in [0.15, 0.2) is 63.3 Å². The molecule has 0 spiro atoms. The molecule has 1 aromatic carbocycles. The first-order chi connectivity index (χ1) is 24.6. The number of alkyl carbamates (subject to hydrolysis) is 1. The van der Waals surface area contributed by atoms with Crippen molar-refractivity contribution in [3.63, 3.8) is 0 Å². The Morgan fingerprint density at radius 3 is 2.58 bits per heavy atom. The number of fused-ring (bicyclic) bond motifs is 2. The molecule has 15 nitrogen and oxygen atoms in total. The maximum absolute atomic E-state index is 14.4. The van der Waals surface area contributed by atoms with Crippen molar-refractivity contribution in [2.75, 3.05) is 6.54 Å². The van der Waals surface area contributed by atoms with Gasteiger partial charge >= 0.3 is 6.09 Å². The van der Waals surface area contributed by atoms with Crippen LogP contribution in [0.4, 0.5) is 4.79 Å². The minimum atomic E-state index is -4.25. The summed E-state index contributed by atoms with van der Waals surface area (Å²) in [5.74, 6) is -2.11. The molecule has 2 aromatic heterocycles. The Balaban J connectivity index is 1.31. The average Bonchev–Trinajstić information content (AvgIpc) is 3.50. The van der Waals surface area contributed by atoms with Crippen molar-refractivity contribution in [1.82, 2.24) is 40.5 Å². The molecule has 2 aliphatic heterocycles. The lowest BCUT2D eigenvalue weighted by Crippen LogP contribution is -2.58. The van der Waals surface area contributed by atoms with E-state index in [0.29, 0.717) is 25.1 Å². The van der Waals surface area contributed by atoms with Gasteiger partial charge in [-0.3, -0.25) is 14.4 Å².